The summed E-state index contributed by atoms with van der Waals surface area (Å²) in [5, 5.41) is 2.81. The third-order valence-electron chi connectivity index (χ3n) is 3.18. The van der Waals surface area contributed by atoms with Crippen LogP contribution in [0.2, 0.25) is 0 Å². The number of hydrogen-bond donors (Lipinski definition) is 1. The molecule has 0 saturated carbocycles. The molecule has 1 aromatic rings. The summed E-state index contributed by atoms with van der Waals surface area (Å²) in [5.74, 6) is -1.88. The standard InChI is InChI=1S/C13H16F2N2O/c1-17-4-2-12(3-5-17)16-13(18)9-6-10(14)8-11(15)7-9/h6-8,12H,2-5H2,1H3,(H,16,18). The summed E-state index contributed by atoms with van der Waals surface area (Å²) in [7, 11) is 2.03. The number of carbonyl (C=O) groups is 1. The van der Waals surface area contributed by atoms with Gasteiger partial charge in [-0.25, -0.2) is 8.78 Å². The van der Waals surface area contributed by atoms with Gasteiger partial charge in [-0.1, -0.05) is 0 Å². The zero-order valence-corrected chi connectivity index (χ0v) is 10.2. The van der Waals surface area contributed by atoms with E-state index < -0.39 is 17.5 Å². The van der Waals surface area contributed by atoms with Crippen molar-refractivity contribution in [1.82, 2.24) is 10.2 Å². The van der Waals surface area contributed by atoms with Crippen molar-refractivity contribution in [2.45, 2.75) is 18.9 Å². The molecule has 0 radical (unpaired) electrons. The van der Waals surface area contributed by atoms with E-state index in [1.165, 1.54) is 0 Å². The molecule has 5 heteroatoms. The molecule has 1 N–H and O–H groups in total. The molecule has 0 spiro atoms. The van der Waals surface area contributed by atoms with Crippen LogP contribution in [0.25, 0.3) is 0 Å². The second-order valence-corrected chi connectivity index (χ2v) is 4.71. The predicted molar refractivity (Wildman–Crippen MR) is 64.3 cm³/mol. The van der Waals surface area contributed by atoms with Crippen molar-refractivity contribution in [3.05, 3.63) is 35.4 Å². The number of halogens is 2. The Kier molecular flexibility index (Phi) is 3.91. The lowest BCUT2D eigenvalue weighted by atomic mass is 10.0. The molecule has 1 saturated heterocycles. The first-order valence-electron chi connectivity index (χ1n) is 6.00. The minimum absolute atomic E-state index is 0.0337. The minimum atomic E-state index is -0.733. The summed E-state index contributed by atoms with van der Waals surface area (Å²) in [6, 6.07) is 2.94. The first-order valence-corrected chi connectivity index (χ1v) is 6.00. The molecule has 98 valence electrons. The van der Waals surface area contributed by atoms with E-state index >= 15 is 0 Å². The maximum atomic E-state index is 13.0. The first kappa shape index (κ1) is 13.0. The van der Waals surface area contributed by atoms with Gasteiger partial charge in [0.1, 0.15) is 11.6 Å². The molecule has 0 aromatic heterocycles. The molecule has 0 bridgehead atoms. The molecule has 0 atom stereocenters. The topological polar surface area (TPSA) is 32.3 Å². The maximum Gasteiger partial charge on any atom is 0.251 e. The molecule has 18 heavy (non-hydrogen) atoms. The van der Waals surface area contributed by atoms with Crippen molar-refractivity contribution in [2.24, 2.45) is 0 Å². The molecule has 0 aliphatic carbocycles. The Labute approximate surface area is 105 Å². The predicted octanol–water partition coefficient (Wildman–Crippen LogP) is 1.79. The summed E-state index contributed by atoms with van der Waals surface area (Å²) >= 11 is 0. The Bertz CT molecular complexity index is 422. The van der Waals surface area contributed by atoms with Gasteiger partial charge in [0.2, 0.25) is 0 Å². The van der Waals surface area contributed by atoms with E-state index in [9.17, 15) is 13.6 Å². The van der Waals surface area contributed by atoms with Gasteiger partial charge in [-0.15, -0.1) is 0 Å². The van der Waals surface area contributed by atoms with E-state index in [0.717, 1.165) is 44.1 Å². The summed E-state index contributed by atoms with van der Waals surface area (Å²) in [6.07, 6.45) is 1.72. The fourth-order valence-electron chi connectivity index (χ4n) is 2.11. The lowest BCUT2D eigenvalue weighted by Gasteiger charge is -2.29. The van der Waals surface area contributed by atoms with Gasteiger partial charge >= 0.3 is 0 Å². The van der Waals surface area contributed by atoms with Crippen LogP contribution in [0, 0.1) is 11.6 Å². The van der Waals surface area contributed by atoms with E-state index in [1.54, 1.807) is 0 Å². The third kappa shape index (κ3) is 3.26. The average molecular weight is 254 g/mol. The van der Waals surface area contributed by atoms with Gasteiger partial charge in [-0.3, -0.25) is 4.79 Å². The molecular weight excluding hydrogens is 238 g/mol. The molecule has 1 amide bonds. The maximum absolute atomic E-state index is 13.0. The highest BCUT2D eigenvalue weighted by atomic mass is 19.1. The lowest BCUT2D eigenvalue weighted by molar-refractivity contribution is 0.0916. The van der Waals surface area contributed by atoms with E-state index in [0.29, 0.717) is 0 Å². The van der Waals surface area contributed by atoms with Crippen LogP contribution >= 0.6 is 0 Å². The molecule has 1 heterocycles. The van der Waals surface area contributed by atoms with Crippen LogP contribution in [0.4, 0.5) is 8.78 Å². The largest absolute Gasteiger partial charge is 0.349 e. The highest BCUT2D eigenvalue weighted by Crippen LogP contribution is 2.11. The summed E-state index contributed by atoms with van der Waals surface area (Å²) in [5.41, 5.74) is 0.0337. The van der Waals surface area contributed by atoms with E-state index in [1.807, 2.05) is 7.05 Å². The smallest absolute Gasteiger partial charge is 0.251 e. The SMILES string of the molecule is CN1CCC(NC(=O)c2cc(F)cc(F)c2)CC1. The molecule has 2 rings (SSSR count). The monoisotopic (exact) mass is 254 g/mol. The van der Waals surface area contributed by atoms with Crippen molar-refractivity contribution >= 4 is 5.91 Å². The Morgan fingerprint density at radius 1 is 1.22 bits per heavy atom. The highest BCUT2D eigenvalue weighted by molar-refractivity contribution is 5.94. The Hall–Kier alpha value is -1.49. The van der Waals surface area contributed by atoms with Crippen LogP contribution in [0.15, 0.2) is 18.2 Å². The molecule has 1 aliphatic rings. The number of likely N-dealkylation sites (tertiary alicyclic amines) is 1. The van der Waals surface area contributed by atoms with E-state index in [2.05, 4.69) is 10.2 Å². The number of amides is 1. The molecule has 3 nitrogen and oxygen atoms in total. The van der Waals surface area contributed by atoms with Gasteiger partial charge in [0.05, 0.1) is 0 Å². The van der Waals surface area contributed by atoms with Gasteiger partial charge < -0.3 is 10.2 Å². The van der Waals surface area contributed by atoms with Crippen molar-refractivity contribution in [2.75, 3.05) is 20.1 Å². The number of hydrogen-bond acceptors (Lipinski definition) is 2. The van der Waals surface area contributed by atoms with Crippen LogP contribution in [-0.2, 0) is 0 Å². The van der Waals surface area contributed by atoms with Crippen molar-refractivity contribution < 1.29 is 13.6 Å². The van der Waals surface area contributed by atoms with Crippen LogP contribution in [0.3, 0.4) is 0 Å². The fraction of sp³-hybridized carbons (Fsp3) is 0.462. The normalized spacial score (nSPS) is 17.7. The molecule has 0 unspecified atom stereocenters. The Balaban J connectivity index is 1.99. The zero-order chi connectivity index (χ0) is 13.1. The number of benzene rings is 1. The third-order valence-corrected chi connectivity index (χ3v) is 3.18. The molecule has 1 aliphatic heterocycles. The lowest BCUT2D eigenvalue weighted by Crippen LogP contribution is -2.43. The van der Waals surface area contributed by atoms with Crippen molar-refractivity contribution in [3.63, 3.8) is 0 Å². The minimum Gasteiger partial charge on any atom is -0.349 e. The Morgan fingerprint density at radius 2 is 1.78 bits per heavy atom. The summed E-state index contributed by atoms with van der Waals surface area (Å²) in [4.78, 5) is 14.0. The van der Waals surface area contributed by atoms with Crippen LogP contribution in [-0.4, -0.2) is 37.0 Å². The number of piperidine rings is 1. The first-order chi connectivity index (χ1) is 8.54. The van der Waals surface area contributed by atoms with Crippen LogP contribution in [0.5, 0.6) is 0 Å². The van der Waals surface area contributed by atoms with Crippen molar-refractivity contribution in [1.29, 1.82) is 0 Å². The van der Waals surface area contributed by atoms with Gasteiger partial charge in [-0.2, -0.15) is 0 Å². The molecular formula is C13H16F2N2O. The van der Waals surface area contributed by atoms with Crippen LogP contribution in [0.1, 0.15) is 23.2 Å². The van der Waals surface area contributed by atoms with E-state index in [-0.39, 0.29) is 11.6 Å². The molecule has 1 fully saturated rings. The van der Waals surface area contributed by atoms with Gasteiger partial charge in [-0.05, 0) is 45.1 Å². The van der Waals surface area contributed by atoms with Crippen molar-refractivity contribution in [3.8, 4) is 0 Å². The average Bonchev–Trinajstić information content (AvgIpc) is 2.31. The van der Waals surface area contributed by atoms with Crippen LogP contribution < -0.4 is 5.32 Å². The second-order valence-electron chi connectivity index (χ2n) is 4.71. The molecule has 1 aromatic carbocycles. The van der Waals surface area contributed by atoms with Gasteiger partial charge in [0, 0.05) is 17.7 Å². The van der Waals surface area contributed by atoms with Gasteiger partial charge in [0.25, 0.3) is 5.91 Å². The number of nitrogens with one attached hydrogen (secondary N) is 1. The van der Waals surface area contributed by atoms with E-state index in [4.69, 9.17) is 0 Å². The highest BCUT2D eigenvalue weighted by Gasteiger charge is 2.19. The van der Waals surface area contributed by atoms with Gasteiger partial charge in [0.15, 0.2) is 0 Å². The fourth-order valence-corrected chi connectivity index (χ4v) is 2.11. The number of nitrogens with zero attached hydrogens (tertiary/aromatic N) is 1. The Morgan fingerprint density at radius 3 is 2.33 bits per heavy atom. The zero-order valence-electron chi connectivity index (χ0n) is 10.2. The summed E-state index contributed by atoms with van der Waals surface area (Å²) in [6.45, 7) is 1.84. The second kappa shape index (κ2) is 5.44. The number of carbonyl (C=O) groups excluding carboxylic acids is 1. The summed E-state index contributed by atoms with van der Waals surface area (Å²) < 4.78 is 26.0. The number of rotatable bonds is 2. The quantitative estimate of drug-likeness (QED) is 0.872.